The summed E-state index contributed by atoms with van der Waals surface area (Å²) >= 11 is 0. The number of hydrogen-bond acceptors (Lipinski definition) is 6. The first-order chi connectivity index (χ1) is 14.2. The minimum Gasteiger partial charge on any atom is -0.455 e. The predicted octanol–water partition coefficient (Wildman–Crippen LogP) is 2.58. The third-order valence-corrected chi connectivity index (χ3v) is 4.58. The number of esters is 1. The number of non-ortho nitro benzene ring substituents is 1. The fraction of sp³-hybridized carbons (Fsp3) is 0.250. The van der Waals surface area contributed by atoms with Gasteiger partial charge in [0.05, 0.1) is 16.5 Å². The van der Waals surface area contributed by atoms with Gasteiger partial charge in [0, 0.05) is 30.8 Å². The van der Waals surface area contributed by atoms with E-state index in [9.17, 15) is 28.9 Å². The quantitative estimate of drug-likeness (QED) is 0.440. The van der Waals surface area contributed by atoms with Gasteiger partial charge in [-0.15, -0.1) is 0 Å². The molecule has 1 aliphatic heterocycles. The molecule has 0 bridgehead atoms. The van der Waals surface area contributed by atoms with Crippen LogP contribution in [0, 0.1) is 28.8 Å². The highest BCUT2D eigenvalue weighted by Gasteiger charge is 2.36. The number of nitrogens with one attached hydrogen (secondary N) is 1. The number of halogens is 1. The Morgan fingerprint density at radius 2 is 1.97 bits per heavy atom. The second-order valence-electron chi connectivity index (χ2n) is 6.82. The summed E-state index contributed by atoms with van der Waals surface area (Å²) in [4.78, 5) is 47.9. The molecule has 1 saturated heterocycles. The molecular weight excluding hydrogens is 397 g/mol. The van der Waals surface area contributed by atoms with E-state index in [1.165, 1.54) is 4.90 Å². The van der Waals surface area contributed by atoms with E-state index in [2.05, 4.69) is 5.32 Å². The maximum atomic E-state index is 13.7. The number of aryl methyl sites for hydroxylation is 1. The number of amides is 2. The lowest BCUT2D eigenvalue weighted by Gasteiger charge is -2.16. The van der Waals surface area contributed by atoms with Gasteiger partial charge >= 0.3 is 5.97 Å². The van der Waals surface area contributed by atoms with Crippen molar-refractivity contribution in [3.8, 4) is 0 Å². The predicted molar refractivity (Wildman–Crippen MR) is 104 cm³/mol. The lowest BCUT2D eigenvalue weighted by molar-refractivity contribution is -0.384. The van der Waals surface area contributed by atoms with E-state index in [-0.39, 0.29) is 18.9 Å². The van der Waals surface area contributed by atoms with Crippen molar-refractivity contribution in [2.24, 2.45) is 5.92 Å². The first-order valence-corrected chi connectivity index (χ1v) is 9.02. The molecule has 1 N–H and O–H groups in total. The van der Waals surface area contributed by atoms with Crippen LogP contribution in [0.5, 0.6) is 0 Å². The average Bonchev–Trinajstić information content (AvgIpc) is 3.10. The first-order valence-electron chi connectivity index (χ1n) is 9.02. The molecule has 0 saturated carbocycles. The standard InChI is InChI=1S/C20H18FN3O6/c1-12-2-4-14(5-3-12)23-10-13(8-19(23)26)20(27)30-11-18(25)22-17-9-15(24(28)29)6-7-16(17)21/h2-7,9,13H,8,10-11H2,1H3,(H,22,25)/t13-/m0/s1. The number of nitro benzene ring substituents is 1. The number of anilines is 2. The zero-order valence-electron chi connectivity index (χ0n) is 16.0. The van der Waals surface area contributed by atoms with Crippen LogP contribution < -0.4 is 10.2 Å². The van der Waals surface area contributed by atoms with Crippen molar-refractivity contribution in [1.29, 1.82) is 0 Å². The highest BCUT2D eigenvalue weighted by Crippen LogP contribution is 2.26. The van der Waals surface area contributed by atoms with Crippen molar-refractivity contribution in [1.82, 2.24) is 0 Å². The fourth-order valence-corrected chi connectivity index (χ4v) is 3.00. The highest BCUT2D eigenvalue weighted by atomic mass is 19.1. The summed E-state index contributed by atoms with van der Waals surface area (Å²) in [5.74, 6) is -3.42. The Labute approximate surface area is 170 Å². The lowest BCUT2D eigenvalue weighted by atomic mass is 10.1. The number of nitro groups is 1. The maximum absolute atomic E-state index is 13.7. The Kier molecular flexibility index (Phi) is 6.05. The van der Waals surface area contributed by atoms with Crippen LogP contribution in [-0.4, -0.2) is 35.9 Å². The zero-order valence-corrected chi connectivity index (χ0v) is 16.0. The molecule has 2 amide bonds. The van der Waals surface area contributed by atoms with Gasteiger partial charge in [0.15, 0.2) is 6.61 Å². The van der Waals surface area contributed by atoms with Crippen molar-refractivity contribution < 1.29 is 28.4 Å². The molecule has 3 rings (SSSR count). The van der Waals surface area contributed by atoms with Gasteiger partial charge in [-0.25, -0.2) is 4.39 Å². The molecule has 30 heavy (non-hydrogen) atoms. The molecule has 1 aliphatic rings. The third kappa shape index (κ3) is 4.77. The van der Waals surface area contributed by atoms with Crippen LogP contribution in [0.1, 0.15) is 12.0 Å². The Balaban J connectivity index is 1.55. The molecule has 1 heterocycles. The molecule has 0 aliphatic carbocycles. The molecule has 1 fully saturated rings. The SMILES string of the molecule is Cc1ccc(N2C[C@@H](C(=O)OCC(=O)Nc3cc([N+](=O)[O-])ccc3F)CC2=O)cc1. The summed E-state index contributed by atoms with van der Waals surface area (Å²) in [7, 11) is 0. The minimum atomic E-state index is -0.865. The van der Waals surface area contributed by atoms with Crippen LogP contribution in [0.2, 0.25) is 0 Å². The highest BCUT2D eigenvalue weighted by molar-refractivity contribution is 6.00. The third-order valence-electron chi connectivity index (χ3n) is 4.58. The molecule has 10 heteroatoms. The largest absolute Gasteiger partial charge is 0.455 e. The van der Waals surface area contributed by atoms with Crippen molar-refractivity contribution in [3.63, 3.8) is 0 Å². The number of carbonyl (C=O) groups is 3. The van der Waals surface area contributed by atoms with E-state index in [1.807, 2.05) is 19.1 Å². The van der Waals surface area contributed by atoms with Gasteiger partial charge in [-0.1, -0.05) is 17.7 Å². The topological polar surface area (TPSA) is 119 Å². The number of rotatable bonds is 6. The number of benzene rings is 2. The van der Waals surface area contributed by atoms with E-state index in [4.69, 9.17) is 4.74 Å². The number of carbonyl (C=O) groups excluding carboxylic acids is 3. The fourth-order valence-electron chi connectivity index (χ4n) is 3.00. The molecular formula is C20H18FN3O6. The summed E-state index contributed by atoms with van der Waals surface area (Å²) in [6.07, 6.45) is -0.0478. The summed E-state index contributed by atoms with van der Waals surface area (Å²) in [6.45, 7) is 1.33. The van der Waals surface area contributed by atoms with Gasteiger partial charge in [-0.2, -0.15) is 0 Å². The summed E-state index contributed by atoms with van der Waals surface area (Å²) in [5.41, 5.74) is 0.906. The molecule has 1 atom stereocenters. The van der Waals surface area contributed by atoms with Crippen LogP contribution in [0.3, 0.4) is 0 Å². The van der Waals surface area contributed by atoms with E-state index in [0.29, 0.717) is 5.69 Å². The van der Waals surface area contributed by atoms with Crippen molar-refractivity contribution in [3.05, 3.63) is 64.0 Å². The maximum Gasteiger partial charge on any atom is 0.311 e. The second kappa shape index (κ2) is 8.68. The summed E-state index contributed by atoms with van der Waals surface area (Å²) < 4.78 is 18.7. The molecule has 9 nitrogen and oxygen atoms in total. The van der Waals surface area contributed by atoms with Crippen LogP contribution in [-0.2, 0) is 19.1 Å². The lowest BCUT2D eigenvalue weighted by Crippen LogP contribution is -2.28. The first kappa shape index (κ1) is 20.9. The van der Waals surface area contributed by atoms with Crippen molar-refractivity contribution in [2.45, 2.75) is 13.3 Å². The molecule has 0 radical (unpaired) electrons. The number of nitrogens with zero attached hydrogens (tertiary/aromatic N) is 2. The zero-order chi connectivity index (χ0) is 21.8. The molecule has 0 spiro atoms. The molecule has 156 valence electrons. The van der Waals surface area contributed by atoms with Gasteiger partial charge in [0.2, 0.25) is 5.91 Å². The van der Waals surface area contributed by atoms with Crippen LogP contribution in [0.25, 0.3) is 0 Å². The molecule has 0 aromatic heterocycles. The van der Waals surface area contributed by atoms with E-state index >= 15 is 0 Å². The average molecular weight is 415 g/mol. The summed E-state index contributed by atoms with van der Waals surface area (Å²) in [5, 5.41) is 12.9. The Morgan fingerprint density at radius 3 is 2.63 bits per heavy atom. The van der Waals surface area contributed by atoms with Gasteiger partial charge in [0.25, 0.3) is 11.6 Å². The van der Waals surface area contributed by atoms with E-state index in [0.717, 1.165) is 23.8 Å². The van der Waals surface area contributed by atoms with E-state index < -0.39 is 46.5 Å². The molecule has 0 unspecified atom stereocenters. The van der Waals surface area contributed by atoms with Gasteiger partial charge in [-0.3, -0.25) is 24.5 Å². The second-order valence-corrected chi connectivity index (χ2v) is 6.82. The van der Waals surface area contributed by atoms with Gasteiger partial charge < -0.3 is 15.0 Å². The van der Waals surface area contributed by atoms with Crippen LogP contribution in [0.4, 0.5) is 21.5 Å². The number of ether oxygens (including phenoxy) is 1. The monoisotopic (exact) mass is 415 g/mol. The number of hydrogen-bond donors (Lipinski definition) is 1. The van der Waals surface area contributed by atoms with Gasteiger partial charge in [-0.05, 0) is 25.1 Å². The van der Waals surface area contributed by atoms with Crippen LogP contribution >= 0.6 is 0 Å². The molecule has 2 aromatic rings. The van der Waals surface area contributed by atoms with E-state index in [1.54, 1.807) is 12.1 Å². The smallest absolute Gasteiger partial charge is 0.311 e. The Morgan fingerprint density at radius 1 is 1.27 bits per heavy atom. The summed E-state index contributed by atoms with van der Waals surface area (Å²) in [6, 6.07) is 9.94. The Hall–Kier alpha value is -3.82. The van der Waals surface area contributed by atoms with Crippen molar-refractivity contribution >= 4 is 34.8 Å². The molecule has 2 aromatic carbocycles. The van der Waals surface area contributed by atoms with Crippen LogP contribution in [0.15, 0.2) is 42.5 Å². The Bertz CT molecular complexity index is 1010. The minimum absolute atomic E-state index is 0.0478. The normalized spacial score (nSPS) is 15.7. The van der Waals surface area contributed by atoms with Gasteiger partial charge in [0.1, 0.15) is 5.82 Å². The van der Waals surface area contributed by atoms with Crippen molar-refractivity contribution in [2.75, 3.05) is 23.4 Å².